The first-order valence-corrected chi connectivity index (χ1v) is 11.0. The highest BCUT2D eigenvalue weighted by atomic mass is 32.2. The van der Waals surface area contributed by atoms with Crippen molar-refractivity contribution in [3.63, 3.8) is 0 Å². The van der Waals surface area contributed by atoms with E-state index in [9.17, 15) is 34.9 Å². The van der Waals surface area contributed by atoms with Crippen LogP contribution in [0.5, 0.6) is 0 Å². The van der Waals surface area contributed by atoms with Crippen molar-refractivity contribution in [3.05, 3.63) is 90.1 Å². The number of rotatable bonds is 4. The third kappa shape index (κ3) is 4.95. The molecule has 0 aliphatic rings. The average molecular weight is 492 g/mol. The predicted molar refractivity (Wildman–Crippen MR) is 113 cm³/mol. The van der Waals surface area contributed by atoms with Crippen LogP contribution in [-0.4, -0.2) is 22.9 Å². The number of aromatic nitrogens is 2. The van der Waals surface area contributed by atoms with Crippen molar-refractivity contribution >= 4 is 10.1 Å². The number of benzene rings is 3. The molecule has 4 rings (SSSR count). The van der Waals surface area contributed by atoms with Crippen molar-refractivity contribution in [2.24, 2.45) is 0 Å². The molecule has 0 unspecified atom stereocenters. The summed E-state index contributed by atoms with van der Waals surface area (Å²) in [6.45, 7) is 0. The van der Waals surface area contributed by atoms with Crippen LogP contribution in [0.4, 0.5) is 22.0 Å². The molecule has 3 aromatic carbocycles. The monoisotopic (exact) mass is 492 g/mol. The van der Waals surface area contributed by atoms with Gasteiger partial charge in [0, 0.05) is 11.1 Å². The van der Waals surface area contributed by atoms with E-state index in [2.05, 4.69) is 9.97 Å². The van der Waals surface area contributed by atoms with Crippen molar-refractivity contribution in [1.29, 1.82) is 0 Å². The first kappa shape index (κ1) is 23.5. The van der Waals surface area contributed by atoms with E-state index in [-0.39, 0.29) is 27.5 Å². The first-order valence-electron chi connectivity index (χ1n) is 9.52. The predicted octanol–water partition coefficient (Wildman–Crippen LogP) is 6.02. The van der Waals surface area contributed by atoms with E-state index in [1.54, 1.807) is 12.1 Å². The number of alkyl halides is 3. The maximum Gasteiger partial charge on any atom is 0.433 e. The minimum Gasteiger partial charge on any atom is -0.282 e. The number of halogens is 5. The molecule has 11 heteroatoms. The van der Waals surface area contributed by atoms with E-state index in [4.69, 9.17) is 0 Å². The van der Waals surface area contributed by atoms with Gasteiger partial charge in [-0.15, -0.1) is 0 Å². The molecule has 0 radical (unpaired) electrons. The molecule has 5 nitrogen and oxygen atoms in total. The Bertz CT molecular complexity index is 1500. The average Bonchev–Trinajstić information content (AvgIpc) is 2.79. The maximum atomic E-state index is 13.7. The van der Waals surface area contributed by atoms with Crippen molar-refractivity contribution in [3.8, 4) is 33.8 Å². The molecule has 0 atom stereocenters. The minimum absolute atomic E-state index is 0.0786. The second kappa shape index (κ2) is 8.58. The van der Waals surface area contributed by atoms with Gasteiger partial charge in [-0.1, -0.05) is 30.3 Å². The van der Waals surface area contributed by atoms with Crippen molar-refractivity contribution in [2.45, 2.75) is 11.1 Å². The second-order valence-corrected chi connectivity index (χ2v) is 8.59. The van der Waals surface area contributed by atoms with Crippen LogP contribution in [0.3, 0.4) is 0 Å². The van der Waals surface area contributed by atoms with E-state index in [1.165, 1.54) is 36.4 Å². The summed E-state index contributed by atoms with van der Waals surface area (Å²) < 4.78 is 99.7. The molecule has 0 bridgehead atoms. The molecule has 174 valence electrons. The highest BCUT2D eigenvalue weighted by Gasteiger charge is 2.34. The Labute approximate surface area is 190 Å². The lowest BCUT2D eigenvalue weighted by Gasteiger charge is -2.12. The van der Waals surface area contributed by atoms with Crippen molar-refractivity contribution in [1.82, 2.24) is 9.97 Å². The van der Waals surface area contributed by atoms with Crippen LogP contribution in [0, 0.1) is 11.6 Å². The standard InChI is InChI=1S/C23H13F5N2O3S/c24-18-8-7-15(11-19(18)25)20-12-21(23(26,27)28)30-22(29-20)16-5-1-3-13(9-16)14-4-2-6-17(10-14)34(31,32)33/h1-12H,(H,31,32,33). The first-order chi connectivity index (χ1) is 15.9. The summed E-state index contributed by atoms with van der Waals surface area (Å²) in [6.07, 6.45) is -4.84. The van der Waals surface area contributed by atoms with E-state index in [0.717, 1.165) is 18.2 Å². The molecule has 1 aromatic heterocycles. The zero-order chi connectivity index (χ0) is 24.7. The van der Waals surface area contributed by atoms with E-state index in [0.29, 0.717) is 17.2 Å². The van der Waals surface area contributed by atoms with Crippen LogP contribution < -0.4 is 0 Å². The Morgan fingerprint density at radius 3 is 2.00 bits per heavy atom. The highest BCUT2D eigenvalue weighted by molar-refractivity contribution is 7.85. The lowest BCUT2D eigenvalue weighted by molar-refractivity contribution is -0.141. The molecule has 0 saturated heterocycles. The Kier molecular flexibility index (Phi) is 5.92. The summed E-state index contributed by atoms with van der Waals surface area (Å²) in [5, 5.41) is 0. The topological polar surface area (TPSA) is 80.2 Å². The van der Waals surface area contributed by atoms with Gasteiger partial charge in [-0.05, 0) is 53.6 Å². The lowest BCUT2D eigenvalue weighted by atomic mass is 10.0. The maximum absolute atomic E-state index is 13.7. The fourth-order valence-electron chi connectivity index (χ4n) is 3.20. The summed E-state index contributed by atoms with van der Waals surface area (Å²) in [5.41, 5.74) is -0.691. The van der Waals surface area contributed by atoms with Crippen LogP contribution in [-0.2, 0) is 16.3 Å². The molecular formula is C23H13F5N2O3S. The number of hydrogen-bond donors (Lipinski definition) is 1. The SMILES string of the molecule is O=S(=O)(O)c1cccc(-c2cccc(-c3nc(-c4ccc(F)c(F)c4)cc(C(F)(F)F)n3)c2)c1. The third-order valence-electron chi connectivity index (χ3n) is 4.82. The van der Waals surface area contributed by atoms with Gasteiger partial charge in [0.1, 0.15) is 5.69 Å². The normalized spacial score (nSPS) is 12.1. The van der Waals surface area contributed by atoms with Crippen LogP contribution in [0.25, 0.3) is 33.8 Å². The van der Waals surface area contributed by atoms with Gasteiger partial charge < -0.3 is 0 Å². The van der Waals surface area contributed by atoms with E-state index >= 15 is 0 Å². The van der Waals surface area contributed by atoms with Gasteiger partial charge in [0.25, 0.3) is 10.1 Å². The van der Waals surface area contributed by atoms with Gasteiger partial charge in [0.2, 0.25) is 0 Å². The molecule has 34 heavy (non-hydrogen) atoms. The van der Waals surface area contributed by atoms with Gasteiger partial charge in [0.05, 0.1) is 10.6 Å². The van der Waals surface area contributed by atoms with Gasteiger partial charge in [-0.2, -0.15) is 21.6 Å². The minimum atomic E-state index is -4.84. The quantitative estimate of drug-likeness (QED) is 0.278. The number of hydrogen-bond acceptors (Lipinski definition) is 4. The summed E-state index contributed by atoms with van der Waals surface area (Å²) in [4.78, 5) is 7.35. The van der Waals surface area contributed by atoms with Gasteiger partial charge in [-0.3, -0.25) is 4.55 Å². The fourth-order valence-corrected chi connectivity index (χ4v) is 3.73. The number of nitrogens with zero attached hydrogens (tertiary/aromatic N) is 2. The molecule has 0 aliphatic heterocycles. The Hall–Kier alpha value is -3.70. The van der Waals surface area contributed by atoms with Gasteiger partial charge in [0.15, 0.2) is 17.5 Å². The van der Waals surface area contributed by atoms with Crippen molar-refractivity contribution < 1.29 is 34.9 Å². The summed E-state index contributed by atoms with van der Waals surface area (Å²) in [5.74, 6) is -2.73. The Morgan fingerprint density at radius 2 is 1.35 bits per heavy atom. The van der Waals surface area contributed by atoms with Crippen LogP contribution in [0.1, 0.15) is 5.69 Å². The molecule has 1 N–H and O–H groups in total. The Balaban J connectivity index is 1.86. The molecule has 0 fully saturated rings. The van der Waals surface area contributed by atoms with Gasteiger partial charge >= 0.3 is 6.18 Å². The summed E-state index contributed by atoms with van der Waals surface area (Å²) in [6, 6.07) is 14.6. The Morgan fingerprint density at radius 1 is 0.706 bits per heavy atom. The zero-order valence-electron chi connectivity index (χ0n) is 16.9. The zero-order valence-corrected chi connectivity index (χ0v) is 17.7. The molecule has 0 aliphatic carbocycles. The smallest absolute Gasteiger partial charge is 0.282 e. The van der Waals surface area contributed by atoms with Crippen LogP contribution >= 0.6 is 0 Å². The van der Waals surface area contributed by atoms with Crippen LogP contribution in [0.15, 0.2) is 77.7 Å². The third-order valence-corrected chi connectivity index (χ3v) is 5.67. The van der Waals surface area contributed by atoms with Gasteiger partial charge in [-0.25, -0.2) is 18.7 Å². The molecule has 4 aromatic rings. The van der Waals surface area contributed by atoms with Crippen LogP contribution in [0.2, 0.25) is 0 Å². The molecule has 0 spiro atoms. The van der Waals surface area contributed by atoms with E-state index < -0.39 is 33.6 Å². The fraction of sp³-hybridized carbons (Fsp3) is 0.0435. The lowest BCUT2D eigenvalue weighted by Crippen LogP contribution is -2.10. The molecule has 0 amide bonds. The summed E-state index contributed by atoms with van der Waals surface area (Å²) >= 11 is 0. The molecular weight excluding hydrogens is 479 g/mol. The highest BCUT2D eigenvalue weighted by Crippen LogP contribution is 2.33. The largest absolute Gasteiger partial charge is 0.433 e. The molecule has 1 heterocycles. The molecule has 0 saturated carbocycles. The van der Waals surface area contributed by atoms with Crippen molar-refractivity contribution in [2.75, 3.05) is 0 Å². The summed E-state index contributed by atoms with van der Waals surface area (Å²) in [7, 11) is -4.47. The second-order valence-electron chi connectivity index (χ2n) is 7.17. The van der Waals surface area contributed by atoms with E-state index in [1.807, 2.05) is 0 Å².